The van der Waals surface area contributed by atoms with Crippen molar-refractivity contribution >= 4 is 5.96 Å². The molecule has 2 rings (SSSR count). The van der Waals surface area contributed by atoms with Crippen LogP contribution in [0.5, 0.6) is 17.2 Å². The number of para-hydroxylation sites is 1. The molecule has 27 heavy (non-hydrogen) atoms. The maximum atomic E-state index is 5.74. The van der Waals surface area contributed by atoms with Crippen molar-refractivity contribution in [1.82, 2.24) is 10.6 Å². The van der Waals surface area contributed by atoms with Gasteiger partial charge in [-0.05, 0) is 32.0 Å². The molecule has 0 aliphatic carbocycles. The van der Waals surface area contributed by atoms with E-state index in [1.165, 1.54) is 5.56 Å². The Morgan fingerprint density at radius 3 is 2.44 bits per heavy atom. The Labute approximate surface area is 161 Å². The Balaban J connectivity index is 1.91. The first kappa shape index (κ1) is 20.4. The van der Waals surface area contributed by atoms with Gasteiger partial charge in [0.2, 0.25) is 0 Å². The minimum absolute atomic E-state index is 0.481. The zero-order valence-corrected chi connectivity index (χ0v) is 16.5. The van der Waals surface area contributed by atoms with Gasteiger partial charge < -0.3 is 24.8 Å². The smallest absolute Gasteiger partial charge is 0.191 e. The zero-order chi connectivity index (χ0) is 19.5. The molecule has 146 valence electrons. The molecule has 0 fully saturated rings. The van der Waals surface area contributed by atoms with E-state index in [9.17, 15) is 0 Å². The maximum absolute atomic E-state index is 5.74. The van der Waals surface area contributed by atoms with Crippen molar-refractivity contribution < 1.29 is 14.2 Å². The predicted octanol–water partition coefficient (Wildman–Crippen LogP) is 3.15. The van der Waals surface area contributed by atoms with Crippen LogP contribution in [0.3, 0.4) is 0 Å². The summed E-state index contributed by atoms with van der Waals surface area (Å²) < 4.78 is 16.5. The highest BCUT2D eigenvalue weighted by Crippen LogP contribution is 2.30. The number of nitrogens with one attached hydrogen (secondary N) is 2. The molecule has 2 aromatic rings. The van der Waals surface area contributed by atoms with E-state index >= 15 is 0 Å². The summed E-state index contributed by atoms with van der Waals surface area (Å²) in [6.07, 6.45) is 0. The molecule has 0 atom stereocenters. The highest BCUT2D eigenvalue weighted by atomic mass is 16.5. The Kier molecular flexibility index (Phi) is 8.29. The quantitative estimate of drug-likeness (QED) is 0.403. The van der Waals surface area contributed by atoms with Crippen LogP contribution < -0.4 is 24.8 Å². The van der Waals surface area contributed by atoms with Gasteiger partial charge in [-0.2, -0.15) is 0 Å². The Bertz CT molecular complexity index is 730. The Morgan fingerprint density at radius 1 is 1.00 bits per heavy atom. The summed E-state index contributed by atoms with van der Waals surface area (Å²) in [7, 11) is 3.27. The van der Waals surface area contributed by atoms with Crippen LogP contribution in [0.25, 0.3) is 0 Å². The number of guanidine groups is 1. The van der Waals surface area contributed by atoms with Gasteiger partial charge in [0.05, 0.1) is 27.3 Å². The first-order valence-electron chi connectivity index (χ1n) is 9.09. The van der Waals surface area contributed by atoms with Gasteiger partial charge in [-0.15, -0.1) is 0 Å². The number of aliphatic imine (C=N–C) groups is 1. The third kappa shape index (κ3) is 6.40. The number of hydrogen-bond acceptors (Lipinski definition) is 4. The summed E-state index contributed by atoms with van der Waals surface area (Å²) in [6, 6.07) is 13.8. The molecule has 0 heterocycles. The molecule has 0 radical (unpaired) electrons. The van der Waals surface area contributed by atoms with Crippen molar-refractivity contribution in [3.8, 4) is 17.2 Å². The van der Waals surface area contributed by atoms with Crippen LogP contribution in [0, 0.1) is 6.92 Å². The lowest BCUT2D eigenvalue weighted by molar-refractivity contribution is 0.322. The average Bonchev–Trinajstić information content (AvgIpc) is 2.70. The van der Waals surface area contributed by atoms with Gasteiger partial charge in [-0.1, -0.05) is 29.8 Å². The van der Waals surface area contributed by atoms with Crippen LogP contribution in [0.15, 0.2) is 47.5 Å². The largest absolute Gasteiger partial charge is 0.493 e. The van der Waals surface area contributed by atoms with E-state index in [4.69, 9.17) is 14.2 Å². The second-order valence-electron chi connectivity index (χ2n) is 5.94. The highest BCUT2D eigenvalue weighted by Gasteiger charge is 2.09. The molecule has 2 N–H and O–H groups in total. The van der Waals surface area contributed by atoms with Gasteiger partial charge in [0.1, 0.15) is 12.4 Å². The SMILES string of the molecule is CCNC(=NCc1cccc(OC)c1OC)NCCOc1ccc(C)cc1. The number of ether oxygens (including phenoxy) is 3. The van der Waals surface area contributed by atoms with Gasteiger partial charge >= 0.3 is 0 Å². The Hall–Kier alpha value is -2.89. The fourth-order valence-corrected chi connectivity index (χ4v) is 2.56. The van der Waals surface area contributed by atoms with Gasteiger partial charge in [0.15, 0.2) is 17.5 Å². The van der Waals surface area contributed by atoms with Crippen LogP contribution in [0.1, 0.15) is 18.1 Å². The lowest BCUT2D eigenvalue weighted by atomic mass is 10.2. The van der Waals surface area contributed by atoms with Crippen molar-refractivity contribution in [3.63, 3.8) is 0 Å². The first-order chi connectivity index (χ1) is 13.2. The molecule has 6 heteroatoms. The number of nitrogens with zero attached hydrogens (tertiary/aromatic N) is 1. The third-order valence-corrected chi connectivity index (χ3v) is 3.92. The van der Waals surface area contributed by atoms with Crippen molar-refractivity contribution in [3.05, 3.63) is 53.6 Å². The minimum atomic E-state index is 0.481. The summed E-state index contributed by atoms with van der Waals surface area (Å²) in [5, 5.41) is 6.52. The van der Waals surface area contributed by atoms with Crippen LogP contribution in [0.2, 0.25) is 0 Å². The topological polar surface area (TPSA) is 64.1 Å². The lowest BCUT2D eigenvalue weighted by Gasteiger charge is -2.14. The molecule has 0 amide bonds. The summed E-state index contributed by atoms with van der Waals surface area (Å²) in [4.78, 5) is 4.63. The first-order valence-corrected chi connectivity index (χ1v) is 9.09. The van der Waals surface area contributed by atoms with E-state index in [0.717, 1.165) is 23.8 Å². The number of rotatable bonds is 9. The third-order valence-electron chi connectivity index (χ3n) is 3.92. The minimum Gasteiger partial charge on any atom is -0.493 e. The average molecular weight is 371 g/mol. The summed E-state index contributed by atoms with van der Waals surface area (Å²) in [5.74, 6) is 3.01. The second-order valence-corrected chi connectivity index (χ2v) is 5.94. The summed E-state index contributed by atoms with van der Waals surface area (Å²) in [6.45, 7) is 6.55. The molecular weight excluding hydrogens is 342 g/mol. The van der Waals surface area contributed by atoms with Gasteiger partial charge in [0, 0.05) is 12.1 Å². The molecule has 0 aliphatic heterocycles. The van der Waals surface area contributed by atoms with Crippen LogP contribution in [-0.2, 0) is 6.54 Å². The molecule has 2 aromatic carbocycles. The van der Waals surface area contributed by atoms with Gasteiger partial charge in [0.25, 0.3) is 0 Å². The predicted molar refractivity (Wildman–Crippen MR) is 109 cm³/mol. The number of aryl methyl sites for hydroxylation is 1. The van der Waals surface area contributed by atoms with E-state index in [1.807, 2.05) is 49.4 Å². The number of benzene rings is 2. The molecule has 0 saturated carbocycles. The van der Waals surface area contributed by atoms with Crippen LogP contribution >= 0.6 is 0 Å². The fraction of sp³-hybridized carbons (Fsp3) is 0.381. The standard InChI is InChI=1S/C21H29N3O3/c1-5-22-21(23-13-14-27-18-11-9-16(2)10-12-18)24-15-17-7-6-8-19(25-3)20(17)26-4/h6-12H,5,13-15H2,1-4H3,(H2,22,23,24). The second kappa shape index (κ2) is 11.0. The fourth-order valence-electron chi connectivity index (χ4n) is 2.56. The molecule has 0 spiro atoms. The molecule has 6 nitrogen and oxygen atoms in total. The van der Waals surface area contributed by atoms with Crippen molar-refractivity contribution in [2.45, 2.75) is 20.4 Å². The van der Waals surface area contributed by atoms with E-state index < -0.39 is 0 Å². The van der Waals surface area contributed by atoms with Crippen molar-refractivity contribution in [2.24, 2.45) is 4.99 Å². The van der Waals surface area contributed by atoms with Gasteiger partial charge in [-0.3, -0.25) is 0 Å². The summed E-state index contributed by atoms with van der Waals surface area (Å²) >= 11 is 0. The molecule has 0 aromatic heterocycles. The van der Waals surface area contributed by atoms with Crippen molar-refractivity contribution in [1.29, 1.82) is 0 Å². The van der Waals surface area contributed by atoms with Crippen molar-refractivity contribution in [2.75, 3.05) is 33.9 Å². The van der Waals surface area contributed by atoms with E-state index in [1.54, 1.807) is 14.2 Å². The molecular formula is C21H29N3O3. The molecule has 0 saturated heterocycles. The normalized spacial score (nSPS) is 11.0. The molecule has 0 aliphatic rings. The van der Waals surface area contributed by atoms with E-state index in [-0.39, 0.29) is 0 Å². The highest BCUT2D eigenvalue weighted by molar-refractivity contribution is 5.79. The van der Waals surface area contributed by atoms with E-state index in [2.05, 4.69) is 22.5 Å². The molecule has 0 unspecified atom stereocenters. The van der Waals surface area contributed by atoms with E-state index in [0.29, 0.717) is 31.2 Å². The maximum Gasteiger partial charge on any atom is 0.191 e. The van der Waals surface area contributed by atoms with Crippen LogP contribution in [-0.4, -0.2) is 39.9 Å². The van der Waals surface area contributed by atoms with Gasteiger partial charge in [-0.25, -0.2) is 4.99 Å². The molecule has 0 bridgehead atoms. The zero-order valence-electron chi connectivity index (χ0n) is 16.5. The Morgan fingerprint density at radius 2 is 1.78 bits per heavy atom. The number of hydrogen-bond donors (Lipinski definition) is 2. The monoisotopic (exact) mass is 371 g/mol. The summed E-state index contributed by atoms with van der Waals surface area (Å²) in [5.41, 5.74) is 2.18. The van der Waals surface area contributed by atoms with Crippen LogP contribution in [0.4, 0.5) is 0 Å². The lowest BCUT2D eigenvalue weighted by Crippen LogP contribution is -2.39. The number of methoxy groups -OCH3 is 2.